The Morgan fingerprint density at radius 2 is 1.97 bits per heavy atom. The van der Waals surface area contributed by atoms with Crippen molar-refractivity contribution >= 4 is 16.8 Å². The van der Waals surface area contributed by atoms with E-state index < -0.39 is 0 Å². The molecule has 2 saturated heterocycles. The number of ketones is 1. The fourth-order valence-electron chi connectivity index (χ4n) is 5.21. The first kappa shape index (κ1) is 19.5. The van der Waals surface area contributed by atoms with Crippen LogP contribution in [0.3, 0.4) is 0 Å². The Bertz CT molecular complexity index is 1030. The second-order valence-electron chi connectivity index (χ2n) is 8.54. The van der Waals surface area contributed by atoms with Crippen LogP contribution in [0.5, 0.6) is 0 Å². The van der Waals surface area contributed by atoms with Gasteiger partial charge in [-0.25, -0.2) is 4.98 Å². The minimum atomic E-state index is 0.0463. The smallest absolute Gasteiger partial charge is 0.179 e. The molecule has 156 valence electrons. The Morgan fingerprint density at radius 3 is 2.73 bits per heavy atom. The van der Waals surface area contributed by atoms with Gasteiger partial charge < -0.3 is 9.88 Å². The summed E-state index contributed by atoms with van der Waals surface area (Å²) in [6.07, 6.45) is 4.04. The molecule has 30 heavy (non-hydrogen) atoms. The maximum atomic E-state index is 13.2. The van der Waals surface area contributed by atoms with Crippen molar-refractivity contribution < 1.29 is 4.79 Å². The molecule has 0 bridgehead atoms. The molecule has 1 N–H and O–H groups in total. The number of carbonyl (C=O) groups excluding carboxylic acids is 1. The lowest BCUT2D eigenvalue weighted by molar-refractivity contribution is 0.0826. The molecule has 2 aromatic carbocycles. The van der Waals surface area contributed by atoms with Crippen LogP contribution in [0.4, 0.5) is 0 Å². The number of likely N-dealkylation sites (tertiary alicyclic amines) is 1. The number of nitrogens with one attached hydrogen (secondary N) is 1. The van der Waals surface area contributed by atoms with Crippen LogP contribution < -0.4 is 5.32 Å². The van der Waals surface area contributed by atoms with E-state index in [1.807, 2.05) is 18.2 Å². The number of hydrogen-bond acceptors (Lipinski definition) is 4. The number of carbonyl (C=O) groups is 1. The van der Waals surface area contributed by atoms with E-state index in [0.29, 0.717) is 6.04 Å². The van der Waals surface area contributed by atoms with Gasteiger partial charge in [-0.05, 0) is 57.0 Å². The first-order chi connectivity index (χ1) is 14.7. The highest BCUT2D eigenvalue weighted by Crippen LogP contribution is 2.26. The van der Waals surface area contributed by atoms with Crippen LogP contribution in [0.25, 0.3) is 11.0 Å². The van der Waals surface area contributed by atoms with Crippen molar-refractivity contribution in [2.24, 2.45) is 0 Å². The predicted octanol–water partition coefficient (Wildman–Crippen LogP) is 3.66. The molecule has 2 fully saturated rings. The lowest BCUT2D eigenvalue weighted by Gasteiger charge is -2.29. The zero-order valence-electron chi connectivity index (χ0n) is 17.7. The summed E-state index contributed by atoms with van der Waals surface area (Å²) in [6, 6.07) is 17.1. The second-order valence-corrected chi connectivity index (χ2v) is 8.54. The van der Waals surface area contributed by atoms with Crippen molar-refractivity contribution in [2.45, 2.75) is 51.2 Å². The van der Waals surface area contributed by atoms with E-state index in [1.54, 1.807) is 0 Å². The number of fused-ring (bicyclic) bond motifs is 1. The third kappa shape index (κ3) is 3.57. The topological polar surface area (TPSA) is 50.2 Å². The third-order valence-electron chi connectivity index (χ3n) is 6.75. The summed E-state index contributed by atoms with van der Waals surface area (Å²) in [5.41, 5.74) is 4.26. The summed E-state index contributed by atoms with van der Waals surface area (Å²) in [7, 11) is 0. The number of aromatic nitrogens is 2. The van der Waals surface area contributed by atoms with Gasteiger partial charge in [-0.3, -0.25) is 9.69 Å². The van der Waals surface area contributed by atoms with E-state index in [4.69, 9.17) is 4.98 Å². The zero-order valence-corrected chi connectivity index (χ0v) is 17.7. The zero-order chi connectivity index (χ0) is 20.5. The number of benzene rings is 2. The molecule has 0 spiro atoms. The Balaban J connectivity index is 1.33. The Labute approximate surface area is 178 Å². The van der Waals surface area contributed by atoms with E-state index in [1.165, 1.54) is 11.1 Å². The van der Waals surface area contributed by atoms with Gasteiger partial charge in [0.05, 0.1) is 17.1 Å². The van der Waals surface area contributed by atoms with Crippen LogP contribution in [0, 0.1) is 0 Å². The molecule has 1 aromatic heterocycles. The molecular formula is C25H30N4O. The monoisotopic (exact) mass is 402 g/mol. The van der Waals surface area contributed by atoms with Crippen molar-refractivity contribution in [3.8, 4) is 0 Å². The van der Waals surface area contributed by atoms with Crippen LogP contribution in [0.15, 0.2) is 48.5 Å². The summed E-state index contributed by atoms with van der Waals surface area (Å²) < 4.78 is 2.28. The Morgan fingerprint density at radius 1 is 1.13 bits per heavy atom. The molecule has 5 nitrogen and oxygen atoms in total. The van der Waals surface area contributed by atoms with E-state index >= 15 is 0 Å². The van der Waals surface area contributed by atoms with Crippen molar-refractivity contribution in [3.05, 3.63) is 65.5 Å². The van der Waals surface area contributed by atoms with Gasteiger partial charge in [-0.2, -0.15) is 0 Å². The van der Waals surface area contributed by atoms with E-state index in [9.17, 15) is 4.79 Å². The van der Waals surface area contributed by atoms with Gasteiger partial charge in [0.1, 0.15) is 5.82 Å². The molecule has 0 amide bonds. The lowest BCUT2D eigenvalue weighted by atomic mass is 9.99. The Hall–Kier alpha value is -2.50. The molecule has 2 aliphatic heterocycles. The quantitative estimate of drug-likeness (QED) is 0.640. The van der Waals surface area contributed by atoms with Gasteiger partial charge in [-0.15, -0.1) is 0 Å². The molecule has 2 atom stereocenters. The van der Waals surface area contributed by atoms with Gasteiger partial charge in [0.25, 0.3) is 0 Å². The molecule has 2 unspecified atom stereocenters. The number of nitrogens with zero attached hydrogens (tertiary/aromatic N) is 3. The molecule has 0 saturated carbocycles. The van der Waals surface area contributed by atoms with Crippen molar-refractivity contribution in [1.82, 2.24) is 19.8 Å². The van der Waals surface area contributed by atoms with Gasteiger partial charge in [0.15, 0.2) is 5.78 Å². The molecule has 5 heteroatoms. The van der Waals surface area contributed by atoms with Gasteiger partial charge in [0.2, 0.25) is 0 Å². The van der Waals surface area contributed by atoms with Crippen molar-refractivity contribution in [3.63, 3.8) is 0 Å². The van der Waals surface area contributed by atoms with Crippen molar-refractivity contribution in [2.75, 3.05) is 19.6 Å². The lowest BCUT2D eigenvalue weighted by Crippen LogP contribution is -2.44. The number of Topliss-reactive ketones (excluding diaryl/α,β-unsaturated/α-hetero) is 1. The van der Waals surface area contributed by atoms with Crippen LogP contribution in [0.1, 0.15) is 47.9 Å². The maximum Gasteiger partial charge on any atom is 0.179 e. The predicted molar refractivity (Wildman–Crippen MR) is 120 cm³/mol. The molecule has 3 aromatic rings. The summed E-state index contributed by atoms with van der Waals surface area (Å²) in [5, 5.41) is 3.44. The number of imidazole rings is 1. The molecular weight excluding hydrogens is 372 g/mol. The van der Waals surface area contributed by atoms with Gasteiger partial charge in [0, 0.05) is 31.1 Å². The summed E-state index contributed by atoms with van der Waals surface area (Å²) in [4.78, 5) is 20.5. The van der Waals surface area contributed by atoms with Gasteiger partial charge >= 0.3 is 0 Å². The fraction of sp³-hybridized carbons (Fsp3) is 0.440. The summed E-state index contributed by atoms with van der Waals surface area (Å²) in [5.74, 6) is 1.36. The van der Waals surface area contributed by atoms with E-state index in [0.717, 1.165) is 68.8 Å². The van der Waals surface area contributed by atoms with Gasteiger partial charge in [-0.1, -0.05) is 36.4 Å². The molecule has 5 rings (SSSR count). The first-order valence-corrected chi connectivity index (χ1v) is 11.3. The van der Waals surface area contributed by atoms with Crippen molar-refractivity contribution in [1.29, 1.82) is 0 Å². The molecule has 2 aliphatic rings. The van der Waals surface area contributed by atoms with Crippen LogP contribution in [0.2, 0.25) is 0 Å². The highest BCUT2D eigenvalue weighted by atomic mass is 16.1. The normalized spacial score (nSPS) is 22.2. The minimum Gasteiger partial charge on any atom is -0.328 e. The van der Waals surface area contributed by atoms with Crippen LogP contribution >= 0.6 is 0 Å². The Kier molecular flexibility index (Phi) is 5.40. The van der Waals surface area contributed by atoms with E-state index in [2.05, 4.69) is 52.0 Å². The maximum absolute atomic E-state index is 13.2. The number of hydrogen-bond donors (Lipinski definition) is 1. The average Bonchev–Trinajstić information content (AvgIpc) is 3.52. The summed E-state index contributed by atoms with van der Waals surface area (Å²) >= 11 is 0. The summed E-state index contributed by atoms with van der Waals surface area (Å²) in [6.45, 7) is 6.20. The highest BCUT2D eigenvalue weighted by Gasteiger charge is 2.36. The fourth-order valence-corrected chi connectivity index (χ4v) is 5.21. The van der Waals surface area contributed by atoms with E-state index in [-0.39, 0.29) is 11.8 Å². The average molecular weight is 403 g/mol. The third-order valence-corrected chi connectivity index (χ3v) is 6.75. The largest absolute Gasteiger partial charge is 0.328 e. The minimum absolute atomic E-state index is 0.0463. The number of aryl methyl sites for hydroxylation is 1. The molecule has 0 aliphatic carbocycles. The second kappa shape index (κ2) is 8.32. The number of para-hydroxylation sites is 2. The standard InChI is InChI=1S/C25H30N4O/c1-2-28-22-7-4-3-6-21(22)27-24(28)16-18-9-11-19(12-10-18)25(30)23-8-5-15-29(23)20-13-14-26-17-20/h3-4,6-7,9-12,20,23,26H,2,5,8,13-17H2,1H3. The van der Waals surface area contributed by atoms with Crippen LogP contribution in [-0.2, 0) is 13.0 Å². The number of rotatable bonds is 6. The first-order valence-electron chi connectivity index (χ1n) is 11.3. The highest BCUT2D eigenvalue weighted by molar-refractivity contribution is 6.00. The SMILES string of the molecule is CCn1c(Cc2ccc(C(=O)C3CCCN3C3CCNC3)cc2)nc2ccccc21. The molecule has 3 heterocycles. The van der Waals surface area contributed by atoms with Crippen LogP contribution in [-0.4, -0.2) is 52.0 Å². The molecule has 0 radical (unpaired) electrons.